The molecule has 0 saturated carbocycles. The molecule has 2 heterocycles. The number of hydrogen-bond donors (Lipinski definition) is 1. The Labute approximate surface area is 136 Å². The second-order valence-electron chi connectivity index (χ2n) is 5.64. The predicted octanol–water partition coefficient (Wildman–Crippen LogP) is 4.02. The summed E-state index contributed by atoms with van der Waals surface area (Å²) >= 11 is 5.90. The van der Waals surface area contributed by atoms with Gasteiger partial charge in [-0.2, -0.15) is 5.10 Å². The number of nitrogen functional groups attached to an aromatic ring is 1. The second-order valence-corrected chi connectivity index (χ2v) is 6.05. The largest absolute Gasteiger partial charge is 0.399 e. The maximum absolute atomic E-state index is 13.4. The fourth-order valence-corrected chi connectivity index (χ4v) is 3.10. The predicted molar refractivity (Wildman–Crippen MR) is 90.3 cm³/mol. The lowest BCUT2D eigenvalue weighted by atomic mass is 10.2. The summed E-state index contributed by atoms with van der Waals surface area (Å²) in [5.74, 6) is -0.414. The highest BCUT2D eigenvalue weighted by molar-refractivity contribution is 6.30. The lowest BCUT2D eigenvalue weighted by Crippen LogP contribution is -2.00. The van der Waals surface area contributed by atoms with E-state index in [1.54, 1.807) is 12.1 Å². The van der Waals surface area contributed by atoms with Crippen LogP contribution in [0.25, 0.3) is 16.7 Å². The molecule has 0 bridgehead atoms. The zero-order valence-corrected chi connectivity index (χ0v) is 13.2. The van der Waals surface area contributed by atoms with Gasteiger partial charge in [-0.25, -0.2) is 8.91 Å². The number of rotatable bonds is 2. The van der Waals surface area contributed by atoms with Gasteiger partial charge in [0.15, 0.2) is 0 Å². The molecule has 6 heteroatoms. The Morgan fingerprint density at radius 1 is 1.13 bits per heavy atom. The van der Waals surface area contributed by atoms with Crippen LogP contribution in [0.2, 0.25) is 5.02 Å². The standard InChI is InChI=1S/C17H14ClFN4/c1-10-6-17-22(9-11-2-4-14(19)13(18)7-11)16-8-12(20)3-5-15(16)23(17)21-10/h2-8H,9,20H2,1H3. The molecule has 0 unspecified atom stereocenters. The van der Waals surface area contributed by atoms with Crippen molar-refractivity contribution in [1.29, 1.82) is 0 Å². The van der Waals surface area contributed by atoms with E-state index in [0.29, 0.717) is 12.2 Å². The molecule has 0 aliphatic rings. The molecule has 4 aromatic rings. The first-order chi connectivity index (χ1) is 11.0. The molecule has 0 atom stereocenters. The van der Waals surface area contributed by atoms with Crippen LogP contribution in [0, 0.1) is 12.7 Å². The molecule has 2 aromatic carbocycles. The number of aryl methyl sites for hydroxylation is 1. The smallest absolute Gasteiger partial charge is 0.141 e. The van der Waals surface area contributed by atoms with Gasteiger partial charge in [0.05, 0.1) is 21.7 Å². The van der Waals surface area contributed by atoms with Crippen LogP contribution < -0.4 is 5.73 Å². The van der Waals surface area contributed by atoms with Crippen molar-refractivity contribution in [3.63, 3.8) is 0 Å². The van der Waals surface area contributed by atoms with Crippen LogP contribution in [0.4, 0.5) is 10.1 Å². The molecule has 116 valence electrons. The fourth-order valence-electron chi connectivity index (χ4n) is 2.90. The number of anilines is 1. The van der Waals surface area contributed by atoms with Crippen LogP contribution in [0.3, 0.4) is 0 Å². The van der Waals surface area contributed by atoms with E-state index in [0.717, 1.165) is 27.9 Å². The molecule has 4 nitrogen and oxygen atoms in total. The van der Waals surface area contributed by atoms with Crippen molar-refractivity contribution in [2.75, 3.05) is 5.73 Å². The number of imidazole rings is 1. The molecule has 0 radical (unpaired) electrons. The molecule has 0 aliphatic carbocycles. The Hall–Kier alpha value is -2.53. The monoisotopic (exact) mass is 328 g/mol. The molecule has 23 heavy (non-hydrogen) atoms. The van der Waals surface area contributed by atoms with Crippen molar-refractivity contribution in [3.05, 3.63) is 64.6 Å². The molecule has 0 saturated heterocycles. The Bertz CT molecular complexity index is 1050. The van der Waals surface area contributed by atoms with Crippen molar-refractivity contribution >= 4 is 34.0 Å². The van der Waals surface area contributed by atoms with Gasteiger partial charge in [0, 0.05) is 18.3 Å². The zero-order valence-electron chi connectivity index (χ0n) is 12.4. The van der Waals surface area contributed by atoms with E-state index in [1.807, 2.05) is 35.7 Å². The third kappa shape index (κ3) is 2.24. The summed E-state index contributed by atoms with van der Waals surface area (Å²) in [5.41, 5.74) is 11.4. The van der Waals surface area contributed by atoms with E-state index in [9.17, 15) is 4.39 Å². The first-order valence-electron chi connectivity index (χ1n) is 7.21. The summed E-state index contributed by atoms with van der Waals surface area (Å²) in [4.78, 5) is 0. The molecular weight excluding hydrogens is 315 g/mol. The summed E-state index contributed by atoms with van der Waals surface area (Å²) in [6, 6.07) is 12.5. The third-order valence-corrected chi connectivity index (χ3v) is 4.22. The van der Waals surface area contributed by atoms with Crippen LogP contribution in [0.15, 0.2) is 42.5 Å². The molecule has 0 fully saturated rings. The average molecular weight is 329 g/mol. The van der Waals surface area contributed by atoms with Gasteiger partial charge in [-0.3, -0.25) is 0 Å². The summed E-state index contributed by atoms with van der Waals surface area (Å²) in [7, 11) is 0. The summed E-state index contributed by atoms with van der Waals surface area (Å²) in [6.07, 6.45) is 0. The highest BCUT2D eigenvalue weighted by Crippen LogP contribution is 2.25. The summed E-state index contributed by atoms with van der Waals surface area (Å²) in [6.45, 7) is 2.51. The SMILES string of the molecule is Cc1cc2n(Cc3ccc(F)c(Cl)c3)c3cc(N)ccc3n2n1. The van der Waals surface area contributed by atoms with Gasteiger partial charge in [-0.1, -0.05) is 17.7 Å². The normalized spacial score (nSPS) is 11.6. The maximum Gasteiger partial charge on any atom is 0.141 e. The zero-order chi connectivity index (χ0) is 16.1. The van der Waals surface area contributed by atoms with Crippen LogP contribution in [0.5, 0.6) is 0 Å². The van der Waals surface area contributed by atoms with E-state index in [-0.39, 0.29) is 5.02 Å². The maximum atomic E-state index is 13.4. The number of benzene rings is 2. The highest BCUT2D eigenvalue weighted by atomic mass is 35.5. The van der Waals surface area contributed by atoms with Crippen LogP contribution in [0.1, 0.15) is 11.3 Å². The highest BCUT2D eigenvalue weighted by Gasteiger charge is 2.14. The number of hydrogen-bond acceptors (Lipinski definition) is 2. The third-order valence-electron chi connectivity index (χ3n) is 3.93. The molecule has 2 N–H and O–H groups in total. The molecule has 2 aromatic heterocycles. The quantitative estimate of drug-likeness (QED) is 0.565. The van der Waals surface area contributed by atoms with E-state index in [1.165, 1.54) is 6.07 Å². The first kappa shape index (κ1) is 14.1. The van der Waals surface area contributed by atoms with E-state index >= 15 is 0 Å². The minimum Gasteiger partial charge on any atom is -0.399 e. The topological polar surface area (TPSA) is 48.2 Å². The van der Waals surface area contributed by atoms with Gasteiger partial charge in [0.25, 0.3) is 0 Å². The minimum atomic E-state index is -0.414. The van der Waals surface area contributed by atoms with Gasteiger partial charge in [-0.05, 0) is 42.8 Å². The molecular formula is C17H14ClFN4. The van der Waals surface area contributed by atoms with E-state index in [2.05, 4.69) is 9.67 Å². The van der Waals surface area contributed by atoms with Crippen LogP contribution >= 0.6 is 11.6 Å². The van der Waals surface area contributed by atoms with Crippen LogP contribution in [-0.4, -0.2) is 14.2 Å². The number of fused-ring (bicyclic) bond motifs is 3. The Morgan fingerprint density at radius 3 is 2.74 bits per heavy atom. The van der Waals surface area contributed by atoms with Gasteiger partial charge >= 0.3 is 0 Å². The Balaban J connectivity index is 1.95. The van der Waals surface area contributed by atoms with Crippen molar-refractivity contribution in [3.8, 4) is 0 Å². The molecule has 0 spiro atoms. The minimum absolute atomic E-state index is 0.124. The molecule has 0 aliphatic heterocycles. The van der Waals surface area contributed by atoms with E-state index in [4.69, 9.17) is 17.3 Å². The molecule has 4 rings (SSSR count). The molecule has 0 amide bonds. The number of nitrogens with zero attached hydrogens (tertiary/aromatic N) is 3. The van der Waals surface area contributed by atoms with Gasteiger partial charge < -0.3 is 10.3 Å². The number of nitrogens with two attached hydrogens (primary N) is 1. The number of aromatic nitrogens is 3. The van der Waals surface area contributed by atoms with E-state index < -0.39 is 5.82 Å². The van der Waals surface area contributed by atoms with Gasteiger partial charge in [0.2, 0.25) is 0 Å². The summed E-state index contributed by atoms with van der Waals surface area (Å²) in [5, 5.41) is 4.66. The van der Waals surface area contributed by atoms with Crippen molar-refractivity contribution < 1.29 is 4.39 Å². The average Bonchev–Trinajstić information content (AvgIpc) is 3.00. The van der Waals surface area contributed by atoms with Crippen molar-refractivity contribution in [1.82, 2.24) is 14.2 Å². The number of halogens is 2. The van der Waals surface area contributed by atoms with Gasteiger partial charge in [-0.15, -0.1) is 0 Å². The van der Waals surface area contributed by atoms with Crippen molar-refractivity contribution in [2.45, 2.75) is 13.5 Å². The second kappa shape index (κ2) is 4.99. The summed E-state index contributed by atoms with van der Waals surface area (Å²) < 4.78 is 17.4. The van der Waals surface area contributed by atoms with Crippen molar-refractivity contribution in [2.24, 2.45) is 0 Å². The lowest BCUT2D eigenvalue weighted by Gasteiger charge is -2.07. The van der Waals surface area contributed by atoms with Crippen LogP contribution in [-0.2, 0) is 6.54 Å². The Morgan fingerprint density at radius 2 is 1.96 bits per heavy atom. The van der Waals surface area contributed by atoms with Gasteiger partial charge in [0.1, 0.15) is 11.5 Å². The Kier molecular flexibility index (Phi) is 3.06. The fraction of sp³-hybridized carbons (Fsp3) is 0.118. The first-order valence-corrected chi connectivity index (χ1v) is 7.59. The lowest BCUT2D eigenvalue weighted by molar-refractivity contribution is 0.627.